The zero-order valence-electron chi connectivity index (χ0n) is 19.6. The standard InChI is InChI=1S/C23H30ClN7O2/c1-11(32)7-30-8-15(9-30)19-16(6-25)20(24)12(2)17(21(19)33-5)14(4)31-23-18(13(3)29-31)22(26)27-10-28-23/h10-12,14-15,20,32H,7-9H2,1-5H3,(H2,26,27,28)/t11-,12?,14+,20?/m0/s1. The zero-order valence-corrected chi connectivity index (χ0v) is 20.3. The fourth-order valence-electron chi connectivity index (χ4n) is 5.21. The molecule has 0 bridgehead atoms. The van der Waals surface area contributed by atoms with Crippen molar-refractivity contribution in [3.05, 3.63) is 34.5 Å². The van der Waals surface area contributed by atoms with Crippen LogP contribution in [0.25, 0.3) is 11.0 Å². The summed E-state index contributed by atoms with van der Waals surface area (Å²) in [5.41, 5.74) is 9.90. The minimum Gasteiger partial charge on any atom is -0.496 e. The number of hydrogen-bond acceptors (Lipinski definition) is 8. The van der Waals surface area contributed by atoms with Crippen molar-refractivity contribution in [2.24, 2.45) is 11.8 Å². The number of allylic oxidation sites excluding steroid dienone is 3. The summed E-state index contributed by atoms with van der Waals surface area (Å²) in [5.74, 6) is 1.05. The van der Waals surface area contributed by atoms with Gasteiger partial charge in [-0.3, -0.25) is 4.90 Å². The van der Waals surface area contributed by atoms with E-state index in [1.807, 2.05) is 25.5 Å². The topological polar surface area (TPSA) is 126 Å². The molecule has 176 valence electrons. The zero-order chi connectivity index (χ0) is 24.0. The number of nitrogen functional groups attached to an aromatic ring is 1. The lowest BCUT2D eigenvalue weighted by molar-refractivity contribution is 0.0578. The lowest BCUT2D eigenvalue weighted by Gasteiger charge is -2.44. The average Bonchev–Trinajstić information content (AvgIpc) is 3.09. The Kier molecular flexibility index (Phi) is 6.36. The summed E-state index contributed by atoms with van der Waals surface area (Å²) in [6.45, 7) is 9.79. The molecule has 9 nitrogen and oxygen atoms in total. The first-order chi connectivity index (χ1) is 15.7. The van der Waals surface area contributed by atoms with Gasteiger partial charge in [-0.2, -0.15) is 10.4 Å². The minimum atomic E-state index is -0.477. The third-order valence-electron chi connectivity index (χ3n) is 6.72. The van der Waals surface area contributed by atoms with Gasteiger partial charge in [0.05, 0.1) is 47.4 Å². The first kappa shape index (κ1) is 23.5. The number of aromatic nitrogens is 4. The molecule has 1 saturated heterocycles. The molecule has 2 unspecified atom stereocenters. The molecule has 0 saturated carbocycles. The van der Waals surface area contributed by atoms with Gasteiger partial charge in [0.1, 0.15) is 17.9 Å². The fraction of sp³-hybridized carbons (Fsp3) is 0.565. The number of nitriles is 1. The highest BCUT2D eigenvalue weighted by atomic mass is 35.5. The summed E-state index contributed by atoms with van der Waals surface area (Å²) in [4.78, 5) is 10.7. The SMILES string of the molecule is COC1=C([C@@H](C)n2nc(C)c3c(N)ncnc32)C(C)C(Cl)C(C#N)=C1C1CN(C[C@H](C)O)C1. The van der Waals surface area contributed by atoms with Crippen LogP contribution in [0.2, 0.25) is 0 Å². The van der Waals surface area contributed by atoms with Crippen LogP contribution in [0.3, 0.4) is 0 Å². The number of hydrogen-bond donors (Lipinski definition) is 2. The van der Waals surface area contributed by atoms with Gasteiger partial charge in [0.15, 0.2) is 5.65 Å². The van der Waals surface area contributed by atoms with E-state index in [2.05, 4.69) is 20.9 Å². The second kappa shape index (κ2) is 8.93. The molecule has 0 radical (unpaired) electrons. The highest BCUT2D eigenvalue weighted by Crippen LogP contribution is 2.46. The predicted octanol–water partition coefficient (Wildman–Crippen LogP) is 2.57. The van der Waals surface area contributed by atoms with E-state index in [0.717, 1.165) is 35.3 Å². The monoisotopic (exact) mass is 471 g/mol. The Morgan fingerprint density at radius 3 is 2.67 bits per heavy atom. The molecule has 1 aliphatic carbocycles. The lowest BCUT2D eigenvalue weighted by Crippen LogP contribution is -2.51. The van der Waals surface area contributed by atoms with Gasteiger partial charge in [0.25, 0.3) is 0 Å². The summed E-state index contributed by atoms with van der Waals surface area (Å²) < 4.78 is 7.81. The summed E-state index contributed by atoms with van der Waals surface area (Å²) in [7, 11) is 1.64. The maximum Gasteiger partial charge on any atom is 0.164 e. The van der Waals surface area contributed by atoms with Crippen LogP contribution in [0, 0.1) is 30.1 Å². The maximum absolute atomic E-state index is 9.99. The number of rotatable bonds is 6. The predicted molar refractivity (Wildman–Crippen MR) is 126 cm³/mol. The first-order valence-electron chi connectivity index (χ1n) is 11.1. The van der Waals surface area contributed by atoms with Crippen molar-refractivity contribution in [2.75, 3.05) is 32.5 Å². The van der Waals surface area contributed by atoms with Gasteiger partial charge >= 0.3 is 0 Å². The van der Waals surface area contributed by atoms with Crippen LogP contribution >= 0.6 is 11.6 Å². The van der Waals surface area contributed by atoms with Crippen molar-refractivity contribution in [2.45, 2.75) is 45.2 Å². The number of methoxy groups -OCH3 is 1. The Morgan fingerprint density at radius 1 is 1.36 bits per heavy atom. The van der Waals surface area contributed by atoms with E-state index in [1.54, 1.807) is 14.0 Å². The van der Waals surface area contributed by atoms with E-state index >= 15 is 0 Å². The van der Waals surface area contributed by atoms with Gasteiger partial charge in [-0.25, -0.2) is 14.6 Å². The number of β-amino-alcohol motifs (C(OH)–C–C–N with tert-alkyl or cyclic N) is 1. The average molecular weight is 472 g/mol. The van der Waals surface area contributed by atoms with E-state index in [9.17, 15) is 10.4 Å². The van der Waals surface area contributed by atoms with Crippen LogP contribution in [0.1, 0.15) is 32.5 Å². The summed E-state index contributed by atoms with van der Waals surface area (Å²) in [5, 5.41) is 24.7. The normalized spacial score (nSPS) is 24.1. The molecule has 3 N–H and O–H groups in total. The second-order valence-electron chi connectivity index (χ2n) is 9.05. The molecule has 0 amide bonds. The molecule has 0 aromatic carbocycles. The van der Waals surface area contributed by atoms with Crippen molar-refractivity contribution in [3.8, 4) is 6.07 Å². The van der Waals surface area contributed by atoms with E-state index in [-0.39, 0.29) is 17.9 Å². The molecule has 2 aromatic rings. The molecular weight excluding hydrogens is 442 g/mol. The molecule has 10 heteroatoms. The molecule has 3 heterocycles. The van der Waals surface area contributed by atoms with Crippen molar-refractivity contribution in [1.82, 2.24) is 24.6 Å². The van der Waals surface area contributed by atoms with Gasteiger partial charge in [-0.15, -0.1) is 11.6 Å². The number of nitrogens with two attached hydrogens (primary N) is 1. The summed E-state index contributed by atoms with van der Waals surface area (Å²) >= 11 is 6.87. The molecule has 1 fully saturated rings. The molecule has 2 aromatic heterocycles. The highest BCUT2D eigenvalue weighted by molar-refractivity contribution is 6.23. The molecule has 33 heavy (non-hydrogen) atoms. The number of alkyl halides is 1. The number of aliphatic hydroxyl groups is 1. The first-order valence-corrected chi connectivity index (χ1v) is 11.6. The van der Waals surface area contributed by atoms with Gasteiger partial charge in [-0.05, 0) is 20.8 Å². The molecule has 0 spiro atoms. The van der Waals surface area contributed by atoms with E-state index in [0.29, 0.717) is 29.3 Å². The lowest BCUT2D eigenvalue weighted by atomic mass is 9.74. The second-order valence-corrected chi connectivity index (χ2v) is 9.52. The Labute approximate surface area is 198 Å². The Bertz CT molecular complexity index is 1170. The van der Waals surface area contributed by atoms with Gasteiger partial charge in [0.2, 0.25) is 0 Å². The minimum absolute atomic E-state index is 0.110. The number of aliphatic hydroxyl groups excluding tert-OH is 1. The smallest absolute Gasteiger partial charge is 0.164 e. The molecule has 2 aliphatic rings. The highest BCUT2D eigenvalue weighted by Gasteiger charge is 2.43. The molecule has 4 rings (SSSR count). The van der Waals surface area contributed by atoms with Crippen molar-refractivity contribution in [3.63, 3.8) is 0 Å². The van der Waals surface area contributed by atoms with E-state index < -0.39 is 11.5 Å². The maximum atomic E-state index is 9.99. The van der Waals surface area contributed by atoms with Crippen molar-refractivity contribution < 1.29 is 9.84 Å². The molecular formula is C23H30ClN7O2. The van der Waals surface area contributed by atoms with Crippen LogP contribution in [0.4, 0.5) is 5.82 Å². The van der Waals surface area contributed by atoms with Gasteiger partial charge < -0.3 is 15.6 Å². The van der Waals surface area contributed by atoms with Crippen LogP contribution in [-0.4, -0.2) is 68.0 Å². The number of anilines is 1. The van der Waals surface area contributed by atoms with Crippen molar-refractivity contribution in [1.29, 1.82) is 5.26 Å². The van der Waals surface area contributed by atoms with E-state index in [1.165, 1.54) is 6.33 Å². The fourth-order valence-corrected chi connectivity index (χ4v) is 5.51. The summed E-state index contributed by atoms with van der Waals surface area (Å²) in [6, 6.07) is 2.12. The van der Waals surface area contributed by atoms with Gasteiger partial charge in [0, 0.05) is 42.6 Å². The largest absolute Gasteiger partial charge is 0.496 e. The number of ether oxygens (including phenoxy) is 1. The van der Waals surface area contributed by atoms with Crippen LogP contribution in [0.15, 0.2) is 28.8 Å². The van der Waals surface area contributed by atoms with Crippen LogP contribution in [0.5, 0.6) is 0 Å². The Morgan fingerprint density at radius 2 is 2.06 bits per heavy atom. The molecule has 1 aliphatic heterocycles. The Balaban J connectivity index is 1.81. The van der Waals surface area contributed by atoms with Crippen molar-refractivity contribution >= 4 is 28.5 Å². The van der Waals surface area contributed by atoms with Gasteiger partial charge in [-0.1, -0.05) is 6.92 Å². The number of nitrogens with zero attached hydrogens (tertiary/aromatic N) is 6. The quantitative estimate of drug-likeness (QED) is 0.615. The molecule has 4 atom stereocenters. The van der Waals surface area contributed by atoms with Crippen LogP contribution < -0.4 is 5.73 Å². The third-order valence-corrected chi connectivity index (χ3v) is 7.32. The summed E-state index contributed by atoms with van der Waals surface area (Å²) in [6.07, 6.45) is 1.04. The number of halogens is 1. The Hall–Kier alpha value is -2.67. The van der Waals surface area contributed by atoms with Crippen LogP contribution in [-0.2, 0) is 4.74 Å². The number of likely N-dealkylation sites (tertiary alicyclic amines) is 1. The number of aryl methyl sites for hydroxylation is 1. The number of fused-ring (bicyclic) bond motifs is 1. The third kappa shape index (κ3) is 3.86. The van der Waals surface area contributed by atoms with E-state index in [4.69, 9.17) is 27.2 Å².